The first-order chi connectivity index (χ1) is 5.74. The van der Waals surface area contributed by atoms with Gasteiger partial charge in [0.1, 0.15) is 17.5 Å². The number of hydrogen-bond acceptors (Lipinski definition) is 2. The third kappa shape index (κ3) is 2.57. The molecule has 0 spiro atoms. The van der Waals surface area contributed by atoms with Crippen LogP contribution in [0.3, 0.4) is 0 Å². The third-order valence-corrected chi connectivity index (χ3v) is 1.89. The van der Waals surface area contributed by atoms with Crippen molar-refractivity contribution in [2.75, 3.05) is 12.2 Å². The minimum absolute atomic E-state index is 0.117. The summed E-state index contributed by atoms with van der Waals surface area (Å²) in [5, 5.41) is 0.117. The number of hydrogen-bond donors (Lipinski definition) is 0. The van der Waals surface area contributed by atoms with E-state index in [0.29, 0.717) is 11.7 Å². The largest absolute Gasteiger partial charge is 0.483 e. The molecule has 0 heterocycles. The number of halogens is 2. The summed E-state index contributed by atoms with van der Waals surface area (Å²) < 4.78 is 17.9. The van der Waals surface area contributed by atoms with Crippen LogP contribution in [0.4, 0.5) is 4.39 Å². The highest BCUT2D eigenvalue weighted by Crippen LogP contribution is 2.20. The SMILES string of the molecule is CSCOc1ccc(Cl)c(F)c1. The highest BCUT2D eigenvalue weighted by atomic mass is 35.5. The third-order valence-electron chi connectivity index (χ3n) is 1.23. The van der Waals surface area contributed by atoms with Gasteiger partial charge >= 0.3 is 0 Å². The van der Waals surface area contributed by atoms with Crippen LogP contribution in [0.1, 0.15) is 0 Å². The van der Waals surface area contributed by atoms with Crippen molar-refractivity contribution < 1.29 is 9.13 Å². The van der Waals surface area contributed by atoms with E-state index < -0.39 is 5.82 Å². The fraction of sp³-hybridized carbons (Fsp3) is 0.250. The molecule has 1 aromatic carbocycles. The van der Waals surface area contributed by atoms with Crippen LogP contribution in [0, 0.1) is 5.82 Å². The molecular weight excluding hydrogens is 199 g/mol. The van der Waals surface area contributed by atoms with Crippen LogP contribution in [-0.2, 0) is 0 Å². The minimum Gasteiger partial charge on any atom is -0.483 e. The second-order valence-electron chi connectivity index (χ2n) is 2.13. The lowest BCUT2D eigenvalue weighted by Crippen LogP contribution is -1.91. The second-order valence-corrected chi connectivity index (χ2v) is 3.35. The minimum atomic E-state index is -0.449. The van der Waals surface area contributed by atoms with Crippen LogP contribution in [0.2, 0.25) is 5.02 Å². The molecule has 0 aliphatic heterocycles. The Bertz CT molecular complexity index is 267. The van der Waals surface area contributed by atoms with Gasteiger partial charge in [-0.25, -0.2) is 4.39 Å². The summed E-state index contributed by atoms with van der Waals surface area (Å²) >= 11 is 7.01. The predicted octanol–water partition coefficient (Wildman–Crippen LogP) is 3.18. The van der Waals surface area contributed by atoms with E-state index in [4.69, 9.17) is 16.3 Å². The molecule has 12 heavy (non-hydrogen) atoms. The first kappa shape index (κ1) is 9.68. The summed E-state index contributed by atoms with van der Waals surface area (Å²) in [7, 11) is 0. The highest BCUT2D eigenvalue weighted by Gasteiger charge is 2.00. The molecule has 0 amide bonds. The fourth-order valence-electron chi connectivity index (χ4n) is 0.694. The van der Waals surface area contributed by atoms with Gasteiger partial charge in [-0.1, -0.05) is 11.6 Å². The van der Waals surface area contributed by atoms with E-state index in [9.17, 15) is 4.39 Å². The molecule has 1 aromatic rings. The van der Waals surface area contributed by atoms with E-state index in [1.807, 2.05) is 6.26 Å². The molecule has 4 heteroatoms. The van der Waals surface area contributed by atoms with Crippen LogP contribution in [0.5, 0.6) is 5.75 Å². The zero-order chi connectivity index (χ0) is 8.97. The first-order valence-electron chi connectivity index (χ1n) is 3.31. The first-order valence-corrected chi connectivity index (χ1v) is 5.08. The maximum Gasteiger partial charge on any atom is 0.145 e. The maximum absolute atomic E-state index is 12.8. The van der Waals surface area contributed by atoms with Crippen molar-refractivity contribution in [2.24, 2.45) is 0 Å². The van der Waals surface area contributed by atoms with Crippen molar-refractivity contribution in [3.8, 4) is 5.75 Å². The van der Waals surface area contributed by atoms with Crippen molar-refractivity contribution in [1.29, 1.82) is 0 Å². The molecule has 0 N–H and O–H groups in total. The maximum atomic E-state index is 12.8. The number of benzene rings is 1. The zero-order valence-corrected chi connectivity index (χ0v) is 8.08. The summed E-state index contributed by atoms with van der Waals surface area (Å²) in [5.41, 5.74) is 0. The van der Waals surface area contributed by atoms with E-state index in [1.54, 1.807) is 6.07 Å². The van der Waals surface area contributed by atoms with Gasteiger partial charge in [0, 0.05) is 6.07 Å². The van der Waals surface area contributed by atoms with E-state index in [2.05, 4.69) is 0 Å². The molecule has 0 aliphatic rings. The van der Waals surface area contributed by atoms with Gasteiger partial charge in [-0.2, -0.15) is 0 Å². The number of thioether (sulfide) groups is 1. The molecule has 0 radical (unpaired) electrons. The van der Waals surface area contributed by atoms with Crippen LogP contribution < -0.4 is 4.74 Å². The van der Waals surface area contributed by atoms with Gasteiger partial charge in [0.2, 0.25) is 0 Å². The van der Waals surface area contributed by atoms with E-state index in [1.165, 1.54) is 23.9 Å². The van der Waals surface area contributed by atoms with Gasteiger partial charge in [-0.3, -0.25) is 0 Å². The van der Waals surface area contributed by atoms with Gasteiger partial charge in [0.05, 0.1) is 5.02 Å². The Balaban J connectivity index is 2.69. The normalized spacial score (nSPS) is 9.92. The van der Waals surface area contributed by atoms with E-state index >= 15 is 0 Å². The summed E-state index contributed by atoms with van der Waals surface area (Å²) in [6.45, 7) is 0. The molecule has 66 valence electrons. The van der Waals surface area contributed by atoms with Crippen molar-refractivity contribution in [1.82, 2.24) is 0 Å². The molecule has 0 aliphatic carbocycles. The number of ether oxygens (including phenoxy) is 1. The summed E-state index contributed by atoms with van der Waals surface area (Å²) in [5.74, 6) is 0.572. The zero-order valence-electron chi connectivity index (χ0n) is 6.51. The van der Waals surface area contributed by atoms with Crippen LogP contribution >= 0.6 is 23.4 Å². The van der Waals surface area contributed by atoms with Crippen molar-refractivity contribution in [3.63, 3.8) is 0 Å². The van der Waals surface area contributed by atoms with Crippen molar-refractivity contribution >= 4 is 23.4 Å². The quantitative estimate of drug-likeness (QED) is 0.703. The van der Waals surface area contributed by atoms with Crippen LogP contribution in [0.25, 0.3) is 0 Å². The lowest BCUT2D eigenvalue weighted by molar-refractivity contribution is 0.390. The average Bonchev–Trinajstić information content (AvgIpc) is 2.07. The summed E-state index contributed by atoms with van der Waals surface area (Å²) in [4.78, 5) is 0. The van der Waals surface area contributed by atoms with Gasteiger partial charge in [0.25, 0.3) is 0 Å². The highest BCUT2D eigenvalue weighted by molar-refractivity contribution is 7.98. The lowest BCUT2D eigenvalue weighted by Gasteiger charge is -2.03. The Labute approximate surface area is 79.9 Å². The van der Waals surface area contributed by atoms with Gasteiger partial charge in [0.15, 0.2) is 0 Å². The number of rotatable bonds is 3. The van der Waals surface area contributed by atoms with Gasteiger partial charge in [-0.15, -0.1) is 11.8 Å². The van der Waals surface area contributed by atoms with Gasteiger partial charge < -0.3 is 4.74 Å². The molecule has 0 unspecified atom stereocenters. The molecule has 0 atom stereocenters. The molecule has 0 saturated carbocycles. The fourth-order valence-corrected chi connectivity index (χ4v) is 1.07. The molecular formula is C8H8ClFOS. The topological polar surface area (TPSA) is 9.23 Å². The van der Waals surface area contributed by atoms with Crippen molar-refractivity contribution in [3.05, 3.63) is 29.0 Å². The Hall–Kier alpha value is -0.410. The molecule has 0 saturated heterocycles. The van der Waals surface area contributed by atoms with E-state index in [0.717, 1.165) is 0 Å². The lowest BCUT2D eigenvalue weighted by atomic mass is 10.3. The monoisotopic (exact) mass is 206 g/mol. The Morgan fingerprint density at radius 2 is 2.33 bits per heavy atom. The Morgan fingerprint density at radius 1 is 1.58 bits per heavy atom. The van der Waals surface area contributed by atoms with Crippen LogP contribution in [-0.4, -0.2) is 12.2 Å². The average molecular weight is 207 g/mol. The molecule has 1 rings (SSSR count). The molecule has 1 nitrogen and oxygen atoms in total. The Kier molecular flexibility index (Phi) is 3.69. The summed E-state index contributed by atoms with van der Waals surface area (Å²) in [6, 6.07) is 4.40. The van der Waals surface area contributed by atoms with Gasteiger partial charge in [-0.05, 0) is 18.4 Å². The molecule has 0 fully saturated rings. The molecule has 0 bridgehead atoms. The standard InChI is InChI=1S/C8H8ClFOS/c1-12-5-11-6-2-3-7(9)8(10)4-6/h2-4H,5H2,1H3. The second kappa shape index (κ2) is 4.58. The smallest absolute Gasteiger partial charge is 0.145 e. The summed E-state index contributed by atoms with van der Waals surface area (Å²) in [6.07, 6.45) is 1.91. The van der Waals surface area contributed by atoms with E-state index in [-0.39, 0.29) is 5.02 Å². The predicted molar refractivity (Wildman–Crippen MR) is 50.4 cm³/mol. The van der Waals surface area contributed by atoms with Crippen molar-refractivity contribution in [2.45, 2.75) is 0 Å². The van der Waals surface area contributed by atoms with Crippen LogP contribution in [0.15, 0.2) is 18.2 Å². The Morgan fingerprint density at radius 3 is 2.92 bits per heavy atom. The molecule has 0 aromatic heterocycles.